The molecule has 1 aromatic rings. The molecule has 3 nitrogen and oxygen atoms in total. The number of benzene rings is 1. The Morgan fingerprint density at radius 2 is 2.25 bits per heavy atom. The summed E-state index contributed by atoms with van der Waals surface area (Å²) in [6, 6.07) is 10.9. The van der Waals surface area contributed by atoms with Gasteiger partial charge < -0.3 is 5.11 Å². The van der Waals surface area contributed by atoms with E-state index in [1.54, 1.807) is 0 Å². The fraction of sp³-hybridized carbons (Fsp3) is 0.462. The van der Waals surface area contributed by atoms with Gasteiger partial charge in [-0.1, -0.05) is 24.3 Å². The van der Waals surface area contributed by atoms with Crippen LogP contribution < -0.4 is 0 Å². The first-order chi connectivity index (χ1) is 7.86. The Morgan fingerprint density at radius 1 is 1.44 bits per heavy atom. The molecule has 1 N–H and O–H groups in total. The summed E-state index contributed by atoms with van der Waals surface area (Å²) in [4.78, 5) is 2.06. The van der Waals surface area contributed by atoms with Crippen molar-refractivity contribution in [2.24, 2.45) is 0 Å². The van der Waals surface area contributed by atoms with Crippen LogP contribution in [0, 0.1) is 11.3 Å². The maximum atomic E-state index is 9.02. The molecule has 1 unspecified atom stereocenters. The molecule has 0 aromatic heterocycles. The molecule has 16 heavy (non-hydrogen) atoms. The summed E-state index contributed by atoms with van der Waals surface area (Å²) in [7, 11) is 0. The number of hydrogen-bond acceptors (Lipinski definition) is 3. The Hall–Kier alpha value is -1.37. The van der Waals surface area contributed by atoms with Crippen LogP contribution in [0.1, 0.15) is 23.6 Å². The van der Waals surface area contributed by atoms with Crippen LogP contribution in [-0.4, -0.2) is 29.7 Å². The largest absolute Gasteiger partial charge is 0.395 e. The zero-order chi connectivity index (χ0) is 11.4. The van der Waals surface area contributed by atoms with Crippen molar-refractivity contribution in [1.29, 1.82) is 5.26 Å². The monoisotopic (exact) mass is 216 g/mol. The first kappa shape index (κ1) is 11.1. The summed E-state index contributed by atoms with van der Waals surface area (Å²) in [5, 5.41) is 17.8. The minimum absolute atomic E-state index is 0.111. The lowest BCUT2D eigenvalue weighted by Gasteiger charge is -2.26. The van der Waals surface area contributed by atoms with Gasteiger partial charge in [0, 0.05) is 12.6 Å². The van der Waals surface area contributed by atoms with Crippen molar-refractivity contribution in [2.75, 3.05) is 19.7 Å². The van der Waals surface area contributed by atoms with Crippen LogP contribution >= 0.6 is 0 Å². The second-order valence-electron chi connectivity index (χ2n) is 4.11. The van der Waals surface area contributed by atoms with Crippen LogP contribution in [0.2, 0.25) is 0 Å². The van der Waals surface area contributed by atoms with E-state index in [1.165, 1.54) is 11.1 Å². The van der Waals surface area contributed by atoms with Crippen LogP contribution in [0.4, 0.5) is 0 Å². The molecular weight excluding hydrogens is 200 g/mol. The third-order valence-corrected chi connectivity index (χ3v) is 3.20. The molecule has 0 radical (unpaired) electrons. The summed E-state index contributed by atoms with van der Waals surface area (Å²) in [6.07, 6.45) is 2.13. The molecule has 0 amide bonds. The lowest BCUT2D eigenvalue weighted by atomic mass is 10.1. The number of aryl methyl sites for hydroxylation is 1. The molecule has 2 rings (SSSR count). The van der Waals surface area contributed by atoms with E-state index >= 15 is 0 Å². The van der Waals surface area contributed by atoms with E-state index in [2.05, 4.69) is 29.2 Å². The fourth-order valence-corrected chi connectivity index (χ4v) is 2.48. The van der Waals surface area contributed by atoms with Gasteiger partial charge >= 0.3 is 0 Å². The van der Waals surface area contributed by atoms with Crippen molar-refractivity contribution < 1.29 is 5.11 Å². The van der Waals surface area contributed by atoms with E-state index in [9.17, 15) is 0 Å². The van der Waals surface area contributed by atoms with Gasteiger partial charge in [0.25, 0.3) is 0 Å². The van der Waals surface area contributed by atoms with Crippen molar-refractivity contribution in [3.8, 4) is 6.07 Å². The summed E-state index contributed by atoms with van der Waals surface area (Å²) >= 11 is 0. The molecular formula is C13H16N2O. The van der Waals surface area contributed by atoms with Gasteiger partial charge in [-0.3, -0.25) is 4.90 Å². The van der Waals surface area contributed by atoms with Crippen LogP contribution in [0.15, 0.2) is 24.3 Å². The minimum Gasteiger partial charge on any atom is -0.395 e. The Labute approximate surface area is 95.9 Å². The Balaban J connectivity index is 2.19. The standard InChI is InChI=1S/C13H16N2O/c14-7-8-15(9-10-16)13-6-5-11-3-1-2-4-12(11)13/h1-4,13,16H,5-6,8-10H2. The highest BCUT2D eigenvalue weighted by Gasteiger charge is 2.26. The predicted molar refractivity (Wildman–Crippen MR) is 61.8 cm³/mol. The second-order valence-corrected chi connectivity index (χ2v) is 4.11. The second kappa shape index (κ2) is 5.11. The van der Waals surface area contributed by atoms with Crippen LogP contribution in [0.25, 0.3) is 0 Å². The summed E-state index contributed by atoms with van der Waals surface area (Å²) in [5.74, 6) is 0. The molecule has 0 spiro atoms. The quantitative estimate of drug-likeness (QED) is 0.776. The highest BCUT2D eigenvalue weighted by atomic mass is 16.3. The third kappa shape index (κ3) is 2.08. The first-order valence-corrected chi connectivity index (χ1v) is 5.66. The normalized spacial score (nSPS) is 18.4. The molecule has 0 bridgehead atoms. The van der Waals surface area contributed by atoms with Gasteiger partial charge in [0.05, 0.1) is 19.2 Å². The average molecular weight is 216 g/mol. The van der Waals surface area contributed by atoms with E-state index in [0.717, 1.165) is 12.8 Å². The van der Waals surface area contributed by atoms with Crippen LogP contribution in [0.3, 0.4) is 0 Å². The van der Waals surface area contributed by atoms with Crippen molar-refractivity contribution in [3.05, 3.63) is 35.4 Å². The molecule has 0 saturated heterocycles. The molecule has 0 heterocycles. The van der Waals surface area contributed by atoms with E-state index < -0.39 is 0 Å². The Kier molecular flexibility index (Phi) is 3.55. The maximum Gasteiger partial charge on any atom is 0.0871 e. The zero-order valence-electron chi connectivity index (χ0n) is 9.26. The number of aliphatic hydroxyl groups is 1. The molecule has 1 aliphatic carbocycles. The highest BCUT2D eigenvalue weighted by molar-refractivity contribution is 5.34. The van der Waals surface area contributed by atoms with Gasteiger partial charge in [-0.05, 0) is 24.0 Å². The number of fused-ring (bicyclic) bond motifs is 1. The van der Waals surface area contributed by atoms with Gasteiger partial charge in [-0.25, -0.2) is 0 Å². The summed E-state index contributed by atoms with van der Waals surface area (Å²) in [6.45, 7) is 1.08. The molecule has 0 saturated carbocycles. The smallest absolute Gasteiger partial charge is 0.0871 e. The predicted octanol–water partition coefficient (Wildman–Crippen LogP) is 1.49. The van der Waals surface area contributed by atoms with Crippen LogP contribution in [0.5, 0.6) is 0 Å². The van der Waals surface area contributed by atoms with E-state index in [1.807, 2.05) is 6.07 Å². The molecule has 1 atom stereocenters. The van der Waals surface area contributed by atoms with Gasteiger partial charge in [-0.15, -0.1) is 0 Å². The van der Waals surface area contributed by atoms with Crippen molar-refractivity contribution in [3.63, 3.8) is 0 Å². The molecule has 84 valence electrons. The Bertz CT molecular complexity index is 397. The first-order valence-electron chi connectivity index (χ1n) is 5.66. The zero-order valence-corrected chi connectivity index (χ0v) is 9.26. The van der Waals surface area contributed by atoms with E-state index in [4.69, 9.17) is 10.4 Å². The van der Waals surface area contributed by atoms with E-state index in [0.29, 0.717) is 19.1 Å². The maximum absolute atomic E-state index is 9.02. The number of nitriles is 1. The fourth-order valence-electron chi connectivity index (χ4n) is 2.48. The van der Waals surface area contributed by atoms with Gasteiger partial charge in [0.1, 0.15) is 0 Å². The molecule has 0 fully saturated rings. The van der Waals surface area contributed by atoms with Gasteiger partial charge in [0.2, 0.25) is 0 Å². The highest BCUT2D eigenvalue weighted by Crippen LogP contribution is 2.35. The lowest BCUT2D eigenvalue weighted by Crippen LogP contribution is -2.30. The minimum atomic E-state index is 0.111. The van der Waals surface area contributed by atoms with Crippen molar-refractivity contribution in [1.82, 2.24) is 4.90 Å². The molecule has 1 aromatic carbocycles. The number of nitrogens with zero attached hydrogens (tertiary/aromatic N) is 2. The average Bonchev–Trinajstić information content (AvgIpc) is 2.72. The summed E-state index contributed by atoms with van der Waals surface area (Å²) in [5.41, 5.74) is 2.71. The van der Waals surface area contributed by atoms with Crippen LogP contribution in [-0.2, 0) is 6.42 Å². The lowest BCUT2D eigenvalue weighted by molar-refractivity contribution is 0.166. The molecule has 3 heteroatoms. The third-order valence-electron chi connectivity index (χ3n) is 3.20. The number of rotatable bonds is 4. The number of aliphatic hydroxyl groups excluding tert-OH is 1. The van der Waals surface area contributed by atoms with E-state index in [-0.39, 0.29) is 6.61 Å². The molecule has 1 aliphatic rings. The molecule has 0 aliphatic heterocycles. The van der Waals surface area contributed by atoms with Gasteiger partial charge in [-0.2, -0.15) is 5.26 Å². The Morgan fingerprint density at radius 3 is 3.00 bits per heavy atom. The number of hydrogen-bond donors (Lipinski definition) is 1. The van der Waals surface area contributed by atoms with Crippen molar-refractivity contribution in [2.45, 2.75) is 18.9 Å². The van der Waals surface area contributed by atoms with Crippen molar-refractivity contribution >= 4 is 0 Å². The van der Waals surface area contributed by atoms with Gasteiger partial charge in [0.15, 0.2) is 0 Å². The summed E-state index contributed by atoms with van der Waals surface area (Å²) < 4.78 is 0. The topological polar surface area (TPSA) is 47.3 Å². The SMILES string of the molecule is N#CCN(CCO)C1CCc2ccccc21.